The molecule has 1 N–H and O–H groups in total. The number of hydrogen-bond donors (Lipinski definition) is 1. The van der Waals surface area contributed by atoms with Crippen molar-refractivity contribution >= 4 is 5.52 Å². The fraction of sp³-hybridized carbons (Fsp3) is 0.333. The molecule has 0 aromatic carbocycles. The van der Waals surface area contributed by atoms with Crippen LogP contribution >= 0.6 is 0 Å². The molecule has 0 amide bonds. The van der Waals surface area contributed by atoms with Crippen LogP contribution < -0.4 is 5.56 Å². The normalized spacial score (nSPS) is 13.3. The Morgan fingerprint density at radius 1 is 1.57 bits per heavy atom. The Morgan fingerprint density at radius 3 is 3.07 bits per heavy atom. The van der Waals surface area contributed by atoms with Crippen LogP contribution in [0.5, 0.6) is 0 Å². The Hall–Kier alpha value is -1.62. The van der Waals surface area contributed by atoms with Gasteiger partial charge >= 0.3 is 0 Å². The van der Waals surface area contributed by atoms with Gasteiger partial charge in [0.1, 0.15) is 5.52 Å². The largest absolute Gasteiger partial charge is 0.392 e. The molecule has 0 radical (unpaired) electrons. The lowest BCUT2D eigenvalue weighted by Crippen LogP contribution is -2.25. The molecule has 5 nitrogen and oxygen atoms in total. The van der Waals surface area contributed by atoms with E-state index in [4.69, 9.17) is 0 Å². The summed E-state index contributed by atoms with van der Waals surface area (Å²) < 4.78 is 2.99. The molecule has 0 aliphatic carbocycles. The first-order valence-electron chi connectivity index (χ1n) is 4.39. The molecule has 0 aliphatic heterocycles. The summed E-state index contributed by atoms with van der Waals surface area (Å²) in [5, 5.41) is 13.1. The van der Waals surface area contributed by atoms with Gasteiger partial charge in [-0.25, -0.2) is 4.52 Å². The summed E-state index contributed by atoms with van der Waals surface area (Å²) in [5.74, 6) is 0. The average molecular weight is 193 g/mol. The zero-order chi connectivity index (χ0) is 10.1. The summed E-state index contributed by atoms with van der Waals surface area (Å²) in [6.45, 7) is 1.95. The van der Waals surface area contributed by atoms with E-state index in [2.05, 4.69) is 5.10 Å². The summed E-state index contributed by atoms with van der Waals surface area (Å²) in [7, 11) is 0. The molecule has 14 heavy (non-hydrogen) atoms. The van der Waals surface area contributed by atoms with Crippen molar-refractivity contribution in [1.82, 2.24) is 14.2 Å². The summed E-state index contributed by atoms with van der Waals surface area (Å²) in [6.07, 6.45) is 4.36. The molecule has 5 heteroatoms. The number of hydrogen-bond acceptors (Lipinski definition) is 3. The number of rotatable bonds is 2. The van der Waals surface area contributed by atoms with Crippen molar-refractivity contribution < 1.29 is 5.11 Å². The van der Waals surface area contributed by atoms with Crippen LogP contribution in [0, 0.1) is 0 Å². The SMILES string of the molecule is C[C@H](O)Cn1ccn2nccc2c1=O. The van der Waals surface area contributed by atoms with E-state index in [-0.39, 0.29) is 5.56 Å². The molecule has 2 aromatic heterocycles. The first-order valence-corrected chi connectivity index (χ1v) is 4.39. The summed E-state index contributed by atoms with van der Waals surface area (Å²) in [4.78, 5) is 11.7. The van der Waals surface area contributed by atoms with Crippen molar-refractivity contribution in [2.45, 2.75) is 19.6 Å². The fourth-order valence-electron chi connectivity index (χ4n) is 1.39. The second-order valence-electron chi connectivity index (χ2n) is 3.27. The van der Waals surface area contributed by atoms with E-state index in [1.807, 2.05) is 0 Å². The van der Waals surface area contributed by atoms with Gasteiger partial charge in [-0.05, 0) is 13.0 Å². The van der Waals surface area contributed by atoms with Crippen LogP contribution in [-0.2, 0) is 6.54 Å². The smallest absolute Gasteiger partial charge is 0.276 e. The molecule has 74 valence electrons. The van der Waals surface area contributed by atoms with E-state index in [0.29, 0.717) is 12.1 Å². The van der Waals surface area contributed by atoms with Crippen molar-refractivity contribution in [3.63, 3.8) is 0 Å². The van der Waals surface area contributed by atoms with E-state index in [1.54, 1.807) is 31.6 Å². The maximum absolute atomic E-state index is 11.7. The van der Waals surface area contributed by atoms with Crippen LogP contribution in [0.15, 0.2) is 29.5 Å². The standard InChI is InChI=1S/C9H11N3O2/c1-7(13)6-11-4-5-12-8(9(11)14)2-3-10-12/h2-5,7,13H,6H2,1H3/t7-/m0/s1. The Bertz CT molecular complexity index is 498. The van der Waals surface area contributed by atoms with Crippen molar-refractivity contribution in [2.75, 3.05) is 0 Å². The van der Waals surface area contributed by atoms with Crippen molar-refractivity contribution in [2.24, 2.45) is 0 Å². The molecule has 0 bridgehead atoms. The van der Waals surface area contributed by atoms with Gasteiger partial charge in [-0.1, -0.05) is 0 Å². The van der Waals surface area contributed by atoms with E-state index in [9.17, 15) is 9.90 Å². The predicted molar refractivity (Wildman–Crippen MR) is 51.1 cm³/mol. The number of fused-ring (bicyclic) bond motifs is 1. The Kier molecular flexibility index (Phi) is 2.09. The number of nitrogens with zero attached hydrogens (tertiary/aromatic N) is 3. The van der Waals surface area contributed by atoms with Gasteiger partial charge in [0.05, 0.1) is 18.8 Å². The van der Waals surface area contributed by atoms with E-state index in [0.717, 1.165) is 0 Å². The second-order valence-corrected chi connectivity index (χ2v) is 3.27. The molecular formula is C9H11N3O2. The highest BCUT2D eigenvalue weighted by atomic mass is 16.3. The Balaban J connectivity index is 2.57. The molecule has 0 aliphatic rings. The van der Waals surface area contributed by atoms with Crippen LogP contribution in [0.4, 0.5) is 0 Å². The van der Waals surface area contributed by atoms with Gasteiger partial charge in [-0.2, -0.15) is 5.10 Å². The van der Waals surface area contributed by atoms with E-state index >= 15 is 0 Å². The minimum absolute atomic E-state index is 0.133. The molecule has 2 heterocycles. The monoisotopic (exact) mass is 193 g/mol. The molecular weight excluding hydrogens is 182 g/mol. The third-order valence-corrected chi connectivity index (χ3v) is 2.00. The molecule has 0 spiro atoms. The molecule has 1 atom stereocenters. The van der Waals surface area contributed by atoms with Gasteiger partial charge in [-0.15, -0.1) is 0 Å². The van der Waals surface area contributed by atoms with Crippen molar-refractivity contribution in [3.8, 4) is 0 Å². The highest BCUT2D eigenvalue weighted by molar-refractivity contribution is 5.42. The average Bonchev–Trinajstić information content (AvgIpc) is 2.57. The molecule has 0 saturated heterocycles. The molecule has 0 fully saturated rings. The third kappa shape index (κ3) is 1.42. The van der Waals surface area contributed by atoms with Gasteiger partial charge in [0.25, 0.3) is 5.56 Å². The Morgan fingerprint density at radius 2 is 2.36 bits per heavy atom. The van der Waals surface area contributed by atoms with Gasteiger partial charge in [-0.3, -0.25) is 4.79 Å². The highest BCUT2D eigenvalue weighted by Crippen LogP contribution is 1.95. The third-order valence-electron chi connectivity index (χ3n) is 2.00. The first-order chi connectivity index (χ1) is 6.68. The summed E-state index contributed by atoms with van der Waals surface area (Å²) in [6, 6.07) is 1.65. The number of aromatic nitrogens is 3. The van der Waals surface area contributed by atoms with Crippen molar-refractivity contribution in [3.05, 3.63) is 35.0 Å². The van der Waals surface area contributed by atoms with E-state index in [1.165, 1.54) is 9.08 Å². The molecule has 2 rings (SSSR count). The zero-order valence-electron chi connectivity index (χ0n) is 7.79. The van der Waals surface area contributed by atoms with E-state index < -0.39 is 6.10 Å². The zero-order valence-corrected chi connectivity index (χ0v) is 7.79. The van der Waals surface area contributed by atoms with Gasteiger partial charge in [0.15, 0.2) is 0 Å². The van der Waals surface area contributed by atoms with Crippen LogP contribution in [0.3, 0.4) is 0 Å². The van der Waals surface area contributed by atoms with Gasteiger partial charge in [0.2, 0.25) is 0 Å². The highest BCUT2D eigenvalue weighted by Gasteiger charge is 2.04. The Labute approximate surface area is 80.2 Å². The number of aliphatic hydroxyl groups is 1. The van der Waals surface area contributed by atoms with Crippen LogP contribution in [-0.4, -0.2) is 25.4 Å². The molecule has 2 aromatic rings. The topological polar surface area (TPSA) is 59.5 Å². The van der Waals surface area contributed by atoms with Gasteiger partial charge in [0, 0.05) is 12.4 Å². The van der Waals surface area contributed by atoms with Gasteiger partial charge < -0.3 is 9.67 Å². The lowest BCUT2D eigenvalue weighted by atomic mass is 10.4. The number of aliphatic hydroxyl groups excluding tert-OH is 1. The van der Waals surface area contributed by atoms with Crippen molar-refractivity contribution in [1.29, 1.82) is 0 Å². The molecule has 0 unspecified atom stereocenters. The maximum Gasteiger partial charge on any atom is 0.276 e. The van der Waals surface area contributed by atoms with Crippen LogP contribution in [0.1, 0.15) is 6.92 Å². The first kappa shape index (κ1) is 8.96. The maximum atomic E-state index is 11.7. The predicted octanol–water partition coefficient (Wildman–Crippen LogP) is -0.123. The minimum atomic E-state index is -0.530. The minimum Gasteiger partial charge on any atom is -0.392 e. The summed E-state index contributed by atoms with van der Waals surface area (Å²) >= 11 is 0. The lowest BCUT2D eigenvalue weighted by Gasteiger charge is -2.07. The fourth-order valence-corrected chi connectivity index (χ4v) is 1.39. The molecule has 0 saturated carbocycles. The second kappa shape index (κ2) is 3.26. The quantitative estimate of drug-likeness (QED) is 0.723. The van der Waals surface area contributed by atoms with Crippen LogP contribution in [0.2, 0.25) is 0 Å². The lowest BCUT2D eigenvalue weighted by molar-refractivity contribution is 0.172. The van der Waals surface area contributed by atoms with Crippen LogP contribution in [0.25, 0.3) is 5.52 Å². The summed E-state index contributed by atoms with van der Waals surface area (Å²) in [5.41, 5.74) is 0.388.